The first kappa shape index (κ1) is 20.5. The lowest BCUT2D eigenvalue weighted by Crippen LogP contribution is -2.44. The molecule has 1 aliphatic carbocycles. The number of amides is 3. The van der Waals surface area contributed by atoms with Crippen molar-refractivity contribution in [3.05, 3.63) is 24.3 Å². The van der Waals surface area contributed by atoms with Crippen molar-refractivity contribution < 1.29 is 28.6 Å². The van der Waals surface area contributed by atoms with E-state index in [-0.39, 0.29) is 12.5 Å². The van der Waals surface area contributed by atoms with Crippen LogP contribution in [0.3, 0.4) is 0 Å². The molecule has 0 atom stereocenters. The van der Waals surface area contributed by atoms with Crippen LogP contribution in [0.1, 0.15) is 38.5 Å². The second-order valence-electron chi connectivity index (χ2n) is 6.29. The van der Waals surface area contributed by atoms with E-state index < -0.39 is 24.5 Å². The maximum atomic E-state index is 11.6. The van der Waals surface area contributed by atoms with Gasteiger partial charge in [0.25, 0.3) is 5.91 Å². The molecule has 1 aromatic rings. The van der Waals surface area contributed by atoms with Gasteiger partial charge >= 0.3 is 12.0 Å². The minimum atomic E-state index is -0.645. The highest BCUT2D eigenvalue weighted by molar-refractivity contribution is 5.95. The van der Waals surface area contributed by atoms with Gasteiger partial charge in [-0.3, -0.25) is 14.9 Å². The smallest absolute Gasteiger partial charge is 0.321 e. The molecule has 0 radical (unpaired) electrons. The van der Waals surface area contributed by atoms with Crippen LogP contribution in [0.15, 0.2) is 24.3 Å². The molecule has 8 nitrogen and oxygen atoms in total. The molecule has 8 heteroatoms. The monoisotopic (exact) mass is 378 g/mol. The van der Waals surface area contributed by atoms with Gasteiger partial charge in [-0.15, -0.1) is 0 Å². The summed E-state index contributed by atoms with van der Waals surface area (Å²) < 4.78 is 15.4. The van der Waals surface area contributed by atoms with Crippen molar-refractivity contribution >= 4 is 17.9 Å². The molecule has 2 N–H and O–H groups in total. The van der Waals surface area contributed by atoms with Gasteiger partial charge in [-0.1, -0.05) is 12.8 Å². The number of rotatable bonds is 9. The fourth-order valence-electron chi connectivity index (χ4n) is 2.75. The first-order chi connectivity index (χ1) is 13.1. The van der Waals surface area contributed by atoms with Gasteiger partial charge in [-0.05, 0) is 43.5 Å². The van der Waals surface area contributed by atoms with Crippen molar-refractivity contribution in [2.75, 3.05) is 20.3 Å². The van der Waals surface area contributed by atoms with E-state index in [4.69, 9.17) is 14.2 Å². The third-order valence-electron chi connectivity index (χ3n) is 4.16. The number of imide groups is 1. The molecular weight excluding hydrogens is 352 g/mol. The Hall–Kier alpha value is -2.77. The molecule has 1 fully saturated rings. The van der Waals surface area contributed by atoms with Crippen LogP contribution in [-0.4, -0.2) is 44.3 Å². The molecule has 27 heavy (non-hydrogen) atoms. The average molecular weight is 378 g/mol. The summed E-state index contributed by atoms with van der Waals surface area (Å²) in [6.45, 7) is -0.131. The van der Waals surface area contributed by atoms with Crippen LogP contribution in [0.5, 0.6) is 11.5 Å². The lowest BCUT2D eigenvalue weighted by Gasteiger charge is -2.12. The number of benzene rings is 1. The molecule has 0 saturated heterocycles. The molecule has 0 bridgehead atoms. The predicted molar refractivity (Wildman–Crippen MR) is 97.6 cm³/mol. The van der Waals surface area contributed by atoms with E-state index >= 15 is 0 Å². The average Bonchev–Trinajstić information content (AvgIpc) is 3.17. The van der Waals surface area contributed by atoms with Crippen LogP contribution >= 0.6 is 0 Å². The molecule has 3 amide bonds. The lowest BCUT2D eigenvalue weighted by atomic mass is 10.2. The summed E-state index contributed by atoms with van der Waals surface area (Å²) >= 11 is 0. The summed E-state index contributed by atoms with van der Waals surface area (Å²) in [4.78, 5) is 34.9. The zero-order valence-electron chi connectivity index (χ0n) is 15.5. The zero-order valence-corrected chi connectivity index (χ0v) is 15.5. The van der Waals surface area contributed by atoms with Crippen LogP contribution in [-0.2, 0) is 14.3 Å². The Morgan fingerprint density at radius 3 is 2.41 bits per heavy atom. The molecule has 0 heterocycles. The summed E-state index contributed by atoms with van der Waals surface area (Å²) in [5.74, 6) is 0.256. The van der Waals surface area contributed by atoms with E-state index in [0.29, 0.717) is 18.8 Å². The topological polar surface area (TPSA) is 103 Å². The van der Waals surface area contributed by atoms with E-state index in [1.54, 1.807) is 31.4 Å². The molecule has 1 saturated carbocycles. The summed E-state index contributed by atoms with van der Waals surface area (Å²) in [5.41, 5.74) is 0. The third-order valence-corrected chi connectivity index (χ3v) is 4.16. The standard InChI is InChI=1S/C19H26N2O6/c1-25-15-8-10-16(11-9-15)26-12-4-7-18(23)27-13-17(22)21-19(24)20-14-5-2-3-6-14/h8-11,14H,2-7,12-13H2,1H3,(H2,20,21,22,24). The van der Waals surface area contributed by atoms with Gasteiger partial charge in [0, 0.05) is 12.5 Å². The minimum absolute atomic E-state index is 0.117. The SMILES string of the molecule is COc1ccc(OCCCC(=O)OCC(=O)NC(=O)NC2CCCC2)cc1. The van der Waals surface area contributed by atoms with Crippen molar-refractivity contribution in [3.63, 3.8) is 0 Å². The van der Waals surface area contributed by atoms with Crippen LogP contribution in [0.4, 0.5) is 4.79 Å². The first-order valence-corrected chi connectivity index (χ1v) is 9.09. The highest BCUT2D eigenvalue weighted by Crippen LogP contribution is 2.18. The normalized spacial score (nSPS) is 13.7. The number of hydrogen-bond donors (Lipinski definition) is 2. The van der Waals surface area contributed by atoms with Gasteiger partial charge < -0.3 is 19.5 Å². The second kappa shape index (κ2) is 11.1. The highest BCUT2D eigenvalue weighted by atomic mass is 16.5. The number of urea groups is 1. The molecule has 0 spiro atoms. The predicted octanol–water partition coefficient (Wildman–Crippen LogP) is 2.17. The molecular formula is C19H26N2O6. The summed E-state index contributed by atoms with van der Waals surface area (Å²) in [7, 11) is 1.59. The van der Waals surface area contributed by atoms with Crippen LogP contribution in [0.25, 0.3) is 0 Å². The van der Waals surface area contributed by atoms with Crippen LogP contribution < -0.4 is 20.1 Å². The fraction of sp³-hybridized carbons (Fsp3) is 0.526. The number of esters is 1. The number of carbonyl (C=O) groups excluding carboxylic acids is 3. The molecule has 0 aromatic heterocycles. The Labute approximate surface area is 158 Å². The number of nitrogens with one attached hydrogen (secondary N) is 2. The maximum absolute atomic E-state index is 11.6. The van der Waals surface area contributed by atoms with Gasteiger partial charge in [0.1, 0.15) is 11.5 Å². The van der Waals surface area contributed by atoms with E-state index in [0.717, 1.165) is 31.4 Å². The van der Waals surface area contributed by atoms with E-state index in [1.807, 2.05) is 0 Å². The van der Waals surface area contributed by atoms with E-state index in [9.17, 15) is 14.4 Å². The Balaban J connectivity index is 1.53. The summed E-state index contributed by atoms with van der Waals surface area (Å²) in [5, 5.41) is 4.89. The molecule has 0 unspecified atom stereocenters. The van der Waals surface area contributed by atoms with Crippen molar-refractivity contribution in [1.29, 1.82) is 0 Å². The van der Waals surface area contributed by atoms with Crippen molar-refractivity contribution in [1.82, 2.24) is 10.6 Å². The summed E-state index contributed by atoms with van der Waals surface area (Å²) in [6.07, 6.45) is 4.59. The van der Waals surface area contributed by atoms with Gasteiger partial charge in [0.05, 0.1) is 13.7 Å². The van der Waals surface area contributed by atoms with E-state index in [2.05, 4.69) is 10.6 Å². The van der Waals surface area contributed by atoms with Gasteiger partial charge in [-0.2, -0.15) is 0 Å². The first-order valence-electron chi connectivity index (χ1n) is 9.09. The van der Waals surface area contributed by atoms with Crippen LogP contribution in [0.2, 0.25) is 0 Å². The van der Waals surface area contributed by atoms with Gasteiger partial charge in [-0.25, -0.2) is 4.79 Å². The Morgan fingerprint density at radius 2 is 1.74 bits per heavy atom. The van der Waals surface area contributed by atoms with Crippen molar-refractivity contribution in [2.45, 2.75) is 44.6 Å². The van der Waals surface area contributed by atoms with Crippen molar-refractivity contribution in [3.8, 4) is 11.5 Å². The minimum Gasteiger partial charge on any atom is -0.497 e. The third kappa shape index (κ3) is 7.98. The summed E-state index contributed by atoms with van der Waals surface area (Å²) in [6, 6.07) is 6.69. The lowest BCUT2D eigenvalue weighted by molar-refractivity contribution is -0.148. The number of methoxy groups -OCH3 is 1. The highest BCUT2D eigenvalue weighted by Gasteiger charge is 2.18. The van der Waals surface area contributed by atoms with Crippen LogP contribution in [0, 0.1) is 0 Å². The van der Waals surface area contributed by atoms with E-state index in [1.165, 1.54) is 0 Å². The molecule has 148 valence electrons. The Morgan fingerprint density at radius 1 is 1.07 bits per heavy atom. The zero-order chi connectivity index (χ0) is 19.5. The molecule has 0 aliphatic heterocycles. The molecule has 2 rings (SSSR count). The van der Waals surface area contributed by atoms with Gasteiger partial charge in [0.2, 0.25) is 0 Å². The largest absolute Gasteiger partial charge is 0.497 e. The second-order valence-corrected chi connectivity index (χ2v) is 6.29. The number of carbonyl (C=O) groups is 3. The number of ether oxygens (including phenoxy) is 3. The Bertz CT molecular complexity index is 626. The molecule has 1 aliphatic rings. The fourth-order valence-corrected chi connectivity index (χ4v) is 2.75. The molecule has 1 aromatic carbocycles. The Kier molecular flexibility index (Phi) is 8.41. The van der Waals surface area contributed by atoms with Crippen molar-refractivity contribution in [2.24, 2.45) is 0 Å². The quantitative estimate of drug-likeness (QED) is 0.504. The maximum Gasteiger partial charge on any atom is 0.321 e. The van der Waals surface area contributed by atoms with Gasteiger partial charge in [0.15, 0.2) is 6.61 Å². The number of hydrogen-bond acceptors (Lipinski definition) is 6.